The fourth-order valence-electron chi connectivity index (χ4n) is 2.19. The van der Waals surface area contributed by atoms with Gasteiger partial charge in [0.05, 0.1) is 6.61 Å². The molecule has 4 nitrogen and oxygen atoms in total. The van der Waals surface area contributed by atoms with Gasteiger partial charge in [0.1, 0.15) is 5.75 Å². The summed E-state index contributed by atoms with van der Waals surface area (Å²) in [6, 6.07) is 14.0. The number of rotatable bonds is 7. The lowest BCUT2D eigenvalue weighted by Gasteiger charge is -2.06. The first-order valence-electron chi connectivity index (χ1n) is 7.75. The van der Waals surface area contributed by atoms with E-state index in [9.17, 15) is 9.59 Å². The minimum Gasteiger partial charge on any atom is -0.494 e. The third kappa shape index (κ3) is 4.99. The smallest absolute Gasteiger partial charge is 0.224 e. The van der Waals surface area contributed by atoms with Gasteiger partial charge in [0.15, 0.2) is 5.78 Å². The molecule has 0 saturated heterocycles. The molecular weight excluding hydrogens is 302 g/mol. The summed E-state index contributed by atoms with van der Waals surface area (Å²) in [5, 5.41) is 2.74. The standard InChI is InChI=1S/C20H19NO3/c1-3-15-6-5-7-17(14-15)21-20(23)13-12-19(22)16-8-10-18(11-9-16)24-4-2/h1,5-11,14H,4,12-13H2,2H3,(H,21,23). The Morgan fingerprint density at radius 2 is 1.88 bits per heavy atom. The van der Waals surface area contributed by atoms with Crippen molar-refractivity contribution >= 4 is 17.4 Å². The van der Waals surface area contributed by atoms with Crippen molar-refractivity contribution < 1.29 is 14.3 Å². The number of carbonyl (C=O) groups excluding carboxylic acids is 2. The van der Waals surface area contributed by atoms with Gasteiger partial charge in [-0.15, -0.1) is 6.42 Å². The van der Waals surface area contributed by atoms with Crippen molar-refractivity contribution in [2.45, 2.75) is 19.8 Å². The van der Waals surface area contributed by atoms with Gasteiger partial charge in [-0.2, -0.15) is 0 Å². The van der Waals surface area contributed by atoms with Crippen LogP contribution in [-0.4, -0.2) is 18.3 Å². The van der Waals surface area contributed by atoms with Gasteiger partial charge in [-0.05, 0) is 49.4 Å². The van der Waals surface area contributed by atoms with Crippen LogP contribution in [0.3, 0.4) is 0 Å². The number of terminal acetylenes is 1. The van der Waals surface area contributed by atoms with Crippen LogP contribution in [-0.2, 0) is 4.79 Å². The van der Waals surface area contributed by atoms with Crippen molar-refractivity contribution in [3.8, 4) is 18.1 Å². The van der Waals surface area contributed by atoms with Crippen LogP contribution in [0.1, 0.15) is 35.7 Å². The molecule has 2 rings (SSSR count). The van der Waals surface area contributed by atoms with Gasteiger partial charge < -0.3 is 10.1 Å². The van der Waals surface area contributed by atoms with E-state index in [1.807, 2.05) is 6.92 Å². The number of benzene rings is 2. The summed E-state index contributed by atoms with van der Waals surface area (Å²) in [7, 11) is 0. The highest BCUT2D eigenvalue weighted by Crippen LogP contribution is 2.15. The third-order valence-corrected chi connectivity index (χ3v) is 3.38. The van der Waals surface area contributed by atoms with Crippen molar-refractivity contribution in [2.75, 3.05) is 11.9 Å². The fourth-order valence-corrected chi connectivity index (χ4v) is 2.19. The number of amides is 1. The second kappa shape index (κ2) is 8.54. The Morgan fingerprint density at radius 3 is 2.54 bits per heavy atom. The second-order valence-corrected chi connectivity index (χ2v) is 5.15. The molecule has 0 aliphatic rings. The molecule has 0 unspecified atom stereocenters. The number of nitrogens with one attached hydrogen (secondary N) is 1. The van der Waals surface area contributed by atoms with Crippen LogP contribution in [0, 0.1) is 12.3 Å². The van der Waals surface area contributed by atoms with Crippen LogP contribution in [0.5, 0.6) is 5.75 Å². The van der Waals surface area contributed by atoms with E-state index in [0.29, 0.717) is 23.4 Å². The van der Waals surface area contributed by atoms with Crippen molar-refractivity contribution in [1.82, 2.24) is 0 Å². The molecule has 0 radical (unpaired) electrons. The largest absolute Gasteiger partial charge is 0.494 e. The summed E-state index contributed by atoms with van der Waals surface area (Å²) < 4.78 is 5.33. The topological polar surface area (TPSA) is 55.4 Å². The Bertz CT molecular complexity index is 757. The molecule has 1 N–H and O–H groups in total. The molecule has 0 bridgehead atoms. The summed E-state index contributed by atoms with van der Waals surface area (Å²) in [5.74, 6) is 2.94. The maximum atomic E-state index is 12.1. The lowest BCUT2D eigenvalue weighted by molar-refractivity contribution is -0.116. The van der Waals surface area contributed by atoms with Crippen LogP contribution >= 0.6 is 0 Å². The van der Waals surface area contributed by atoms with E-state index in [0.717, 1.165) is 5.75 Å². The fraction of sp³-hybridized carbons (Fsp3) is 0.200. The van der Waals surface area contributed by atoms with Crippen molar-refractivity contribution in [2.24, 2.45) is 0 Å². The summed E-state index contributed by atoms with van der Waals surface area (Å²) in [6.07, 6.45) is 5.59. The normalized spacial score (nSPS) is 9.83. The number of ketones is 1. The molecular formula is C20H19NO3. The van der Waals surface area contributed by atoms with E-state index in [1.54, 1.807) is 48.5 Å². The molecule has 0 fully saturated rings. The molecule has 2 aromatic carbocycles. The second-order valence-electron chi connectivity index (χ2n) is 5.15. The molecule has 0 aromatic heterocycles. The van der Waals surface area contributed by atoms with Crippen molar-refractivity contribution in [3.05, 3.63) is 59.7 Å². The molecule has 24 heavy (non-hydrogen) atoms. The van der Waals surface area contributed by atoms with Crippen molar-refractivity contribution in [3.63, 3.8) is 0 Å². The Balaban J connectivity index is 1.86. The van der Waals surface area contributed by atoms with Crippen LogP contribution < -0.4 is 10.1 Å². The van der Waals surface area contributed by atoms with Crippen LogP contribution in [0.4, 0.5) is 5.69 Å². The van der Waals surface area contributed by atoms with Crippen LogP contribution in [0.25, 0.3) is 0 Å². The summed E-state index contributed by atoms with van der Waals surface area (Å²) in [4.78, 5) is 24.1. The molecule has 122 valence electrons. The summed E-state index contributed by atoms with van der Waals surface area (Å²) >= 11 is 0. The summed E-state index contributed by atoms with van der Waals surface area (Å²) in [6.45, 7) is 2.48. The Kier molecular flexibility index (Phi) is 6.16. The van der Waals surface area contributed by atoms with Gasteiger partial charge in [-0.25, -0.2) is 0 Å². The van der Waals surface area contributed by atoms with E-state index >= 15 is 0 Å². The van der Waals surface area contributed by atoms with Gasteiger partial charge in [-0.3, -0.25) is 9.59 Å². The first-order chi connectivity index (χ1) is 11.6. The van der Waals surface area contributed by atoms with E-state index in [1.165, 1.54) is 0 Å². The molecule has 0 aliphatic heterocycles. The molecule has 4 heteroatoms. The Labute approximate surface area is 141 Å². The monoisotopic (exact) mass is 321 g/mol. The quantitative estimate of drug-likeness (QED) is 0.625. The third-order valence-electron chi connectivity index (χ3n) is 3.38. The highest BCUT2D eigenvalue weighted by molar-refractivity contribution is 6.00. The summed E-state index contributed by atoms with van der Waals surface area (Å²) in [5.41, 5.74) is 1.89. The van der Waals surface area contributed by atoms with Gasteiger partial charge >= 0.3 is 0 Å². The molecule has 0 saturated carbocycles. The van der Waals surface area contributed by atoms with E-state index < -0.39 is 0 Å². The Hall–Kier alpha value is -3.06. The molecule has 1 amide bonds. The number of carbonyl (C=O) groups is 2. The van der Waals surface area contributed by atoms with E-state index in [-0.39, 0.29) is 24.5 Å². The number of Topliss-reactive ketones (excluding diaryl/α,β-unsaturated/α-hetero) is 1. The van der Waals surface area contributed by atoms with E-state index in [2.05, 4.69) is 11.2 Å². The minimum absolute atomic E-state index is 0.0782. The maximum Gasteiger partial charge on any atom is 0.224 e. The van der Waals surface area contributed by atoms with E-state index in [4.69, 9.17) is 11.2 Å². The number of hydrogen-bond acceptors (Lipinski definition) is 3. The van der Waals surface area contributed by atoms with Crippen LogP contribution in [0.2, 0.25) is 0 Å². The van der Waals surface area contributed by atoms with Crippen LogP contribution in [0.15, 0.2) is 48.5 Å². The molecule has 2 aromatic rings. The number of hydrogen-bond donors (Lipinski definition) is 1. The molecule has 0 spiro atoms. The van der Waals surface area contributed by atoms with Gasteiger partial charge in [-0.1, -0.05) is 12.0 Å². The lowest BCUT2D eigenvalue weighted by atomic mass is 10.1. The zero-order valence-corrected chi connectivity index (χ0v) is 13.5. The SMILES string of the molecule is C#Cc1cccc(NC(=O)CCC(=O)c2ccc(OCC)cc2)c1. The molecule has 0 aliphatic carbocycles. The van der Waals surface area contributed by atoms with Crippen molar-refractivity contribution in [1.29, 1.82) is 0 Å². The molecule has 0 atom stereocenters. The zero-order valence-electron chi connectivity index (χ0n) is 13.5. The predicted octanol–water partition coefficient (Wildman–Crippen LogP) is 3.67. The zero-order chi connectivity index (χ0) is 17.4. The highest BCUT2D eigenvalue weighted by atomic mass is 16.5. The maximum absolute atomic E-state index is 12.1. The average Bonchev–Trinajstić information content (AvgIpc) is 2.61. The highest BCUT2D eigenvalue weighted by Gasteiger charge is 2.10. The number of ether oxygens (including phenoxy) is 1. The lowest BCUT2D eigenvalue weighted by Crippen LogP contribution is -2.13. The first-order valence-corrected chi connectivity index (χ1v) is 7.75. The first kappa shape index (κ1) is 17.3. The number of anilines is 1. The minimum atomic E-state index is -0.219. The van der Waals surface area contributed by atoms with Gasteiger partial charge in [0, 0.05) is 29.7 Å². The predicted molar refractivity (Wildman–Crippen MR) is 94.2 cm³/mol. The van der Waals surface area contributed by atoms with Gasteiger partial charge in [0.2, 0.25) is 5.91 Å². The average molecular weight is 321 g/mol. The Morgan fingerprint density at radius 1 is 1.12 bits per heavy atom. The van der Waals surface area contributed by atoms with Gasteiger partial charge in [0.25, 0.3) is 0 Å². The molecule has 0 heterocycles.